The van der Waals surface area contributed by atoms with Gasteiger partial charge in [-0.15, -0.1) is 0 Å². The molecule has 0 saturated heterocycles. The lowest BCUT2D eigenvalue weighted by Gasteiger charge is -2.16. The van der Waals surface area contributed by atoms with E-state index in [-0.39, 0.29) is 10.7 Å². The molecule has 0 spiro atoms. The number of nitrogens with zero attached hydrogens (tertiary/aromatic N) is 1. The molecule has 8 heteroatoms. The number of amides is 1. The van der Waals surface area contributed by atoms with Crippen molar-refractivity contribution in [3.8, 4) is 11.8 Å². The summed E-state index contributed by atoms with van der Waals surface area (Å²) in [5, 5.41) is 11.0. The third-order valence-corrected chi connectivity index (χ3v) is 3.55. The van der Waals surface area contributed by atoms with Gasteiger partial charge in [0.1, 0.15) is 5.75 Å². The lowest BCUT2D eigenvalue weighted by molar-refractivity contribution is -0.137. The van der Waals surface area contributed by atoms with Gasteiger partial charge in [-0.25, -0.2) is 0 Å². The van der Waals surface area contributed by atoms with Gasteiger partial charge in [-0.2, -0.15) is 18.4 Å². The SMILES string of the molecule is C[C@@H](Oc1ccc(C#N)cc1)C(=O)Nc1cc(C(F)(F)F)ccc1Cl. The summed E-state index contributed by atoms with van der Waals surface area (Å²) < 4.78 is 43.6. The number of hydrogen-bond donors (Lipinski definition) is 1. The third kappa shape index (κ3) is 4.88. The van der Waals surface area contributed by atoms with Crippen LogP contribution in [-0.2, 0) is 11.0 Å². The summed E-state index contributed by atoms with van der Waals surface area (Å²) in [6.07, 6.45) is -5.53. The minimum Gasteiger partial charge on any atom is -0.481 e. The maximum absolute atomic E-state index is 12.7. The van der Waals surface area contributed by atoms with Crippen LogP contribution in [0.25, 0.3) is 0 Å². The molecule has 4 nitrogen and oxygen atoms in total. The highest BCUT2D eigenvalue weighted by Gasteiger charge is 2.31. The van der Waals surface area contributed by atoms with E-state index in [1.165, 1.54) is 31.2 Å². The quantitative estimate of drug-likeness (QED) is 0.855. The monoisotopic (exact) mass is 368 g/mol. The highest BCUT2D eigenvalue weighted by atomic mass is 35.5. The minimum atomic E-state index is -4.55. The van der Waals surface area contributed by atoms with Gasteiger partial charge in [0.2, 0.25) is 0 Å². The zero-order valence-corrected chi connectivity index (χ0v) is 13.7. The van der Waals surface area contributed by atoms with Crippen LogP contribution in [0.3, 0.4) is 0 Å². The largest absolute Gasteiger partial charge is 0.481 e. The van der Waals surface area contributed by atoms with Crippen molar-refractivity contribution in [3.63, 3.8) is 0 Å². The molecule has 0 aliphatic carbocycles. The molecule has 2 aromatic carbocycles. The van der Waals surface area contributed by atoms with Crippen LogP contribution in [-0.4, -0.2) is 12.0 Å². The van der Waals surface area contributed by atoms with Crippen LogP contribution in [0.2, 0.25) is 5.02 Å². The Morgan fingerprint density at radius 3 is 2.44 bits per heavy atom. The maximum Gasteiger partial charge on any atom is 0.416 e. The summed E-state index contributed by atoms with van der Waals surface area (Å²) >= 11 is 5.84. The Hall–Kier alpha value is -2.72. The van der Waals surface area contributed by atoms with E-state index in [1.54, 1.807) is 0 Å². The van der Waals surface area contributed by atoms with Crippen molar-refractivity contribution in [2.75, 3.05) is 5.32 Å². The van der Waals surface area contributed by atoms with Crippen molar-refractivity contribution in [1.82, 2.24) is 0 Å². The average molecular weight is 369 g/mol. The zero-order valence-electron chi connectivity index (χ0n) is 12.9. The first-order valence-electron chi connectivity index (χ1n) is 7.05. The lowest BCUT2D eigenvalue weighted by atomic mass is 10.2. The van der Waals surface area contributed by atoms with E-state index in [0.717, 1.165) is 18.2 Å². The van der Waals surface area contributed by atoms with E-state index in [2.05, 4.69) is 5.32 Å². The topological polar surface area (TPSA) is 62.1 Å². The number of anilines is 1. The standard InChI is InChI=1S/C17H12ClF3N2O2/c1-10(25-13-5-2-11(9-22)3-6-13)16(24)23-15-8-12(17(19,20)21)4-7-14(15)18/h2-8,10H,1H3,(H,23,24)/t10-/m1/s1. The Balaban J connectivity index is 2.09. The first-order valence-corrected chi connectivity index (χ1v) is 7.43. The molecule has 1 N–H and O–H groups in total. The van der Waals surface area contributed by atoms with E-state index in [1.807, 2.05) is 6.07 Å². The summed E-state index contributed by atoms with van der Waals surface area (Å²) in [5.74, 6) is -0.317. The molecular formula is C17H12ClF3N2O2. The zero-order chi connectivity index (χ0) is 18.6. The second-order valence-electron chi connectivity index (χ2n) is 5.08. The van der Waals surface area contributed by atoms with E-state index in [4.69, 9.17) is 21.6 Å². The number of halogens is 4. The molecule has 0 fully saturated rings. The number of ether oxygens (including phenoxy) is 1. The summed E-state index contributed by atoms with van der Waals surface area (Å²) in [6.45, 7) is 1.44. The molecule has 0 saturated carbocycles. The van der Waals surface area contributed by atoms with Crippen molar-refractivity contribution >= 4 is 23.2 Å². The summed E-state index contributed by atoms with van der Waals surface area (Å²) in [4.78, 5) is 12.1. The molecular weight excluding hydrogens is 357 g/mol. The predicted molar refractivity (Wildman–Crippen MR) is 86.3 cm³/mol. The number of rotatable bonds is 4. The Morgan fingerprint density at radius 2 is 1.88 bits per heavy atom. The first-order chi connectivity index (χ1) is 11.7. The summed E-state index contributed by atoms with van der Waals surface area (Å²) in [5.41, 5.74) is -0.648. The van der Waals surface area contributed by atoms with Crippen molar-refractivity contribution in [1.29, 1.82) is 5.26 Å². The van der Waals surface area contributed by atoms with Gasteiger partial charge >= 0.3 is 6.18 Å². The van der Waals surface area contributed by atoms with Gasteiger partial charge in [0.15, 0.2) is 6.10 Å². The van der Waals surface area contributed by atoms with Crippen LogP contribution in [0, 0.1) is 11.3 Å². The second kappa shape index (κ2) is 7.45. The van der Waals surface area contributed by atoms with E-state index < -0.39 is 23.8 Å². The molecule has 25 heavy (non-hydrogen) atoms. The average Bonchev–Trinajstić information content (AvgIpc) is 2.56. The van der Waals surface area contributed by atoms with Crippen LogP contribution in [0.15, 0.2) is 42.5 Å². The number of hydrogen-bond acceptors (Lipinski definition) is 3. The highest BCUT2D eigenvalue weighted by Crippen LogP contribution is 2.33. The van der Waals surface area contributed by atoms with E-state index >= 15 is 0 Å². The molecule has 1 amide bonds. The van der Waals surface area contributed by atoms with Gasteiger partial charge in [-0.05, 0) is 49.4 Å². The molecule has 0 aromatic heterocycles. The molecule has 0 aliphatic heterocycles. The smallest absolute Gasteiger partial charge is 0.416 e. The Morgan fingerprint density at radius 1 is 1.24 bits per heavy atom. The van der Waals surface area contributed by atoms with Crippen molar-refractivity contribution in [2.24, 2.45) is 0 Å². The number of alkyl halides is 3. The number of nitriles is 1. The van der Waals surface area contributed by atoms with Gasteiger partial charge in [0, 0.05) is 0 Å². The van der Waals surface area contributed by atoms with Gasteiger partial charge in [0.05, 0.1) is 27.9 Å². The maximum atomic E-state index is 12.7. The van der Waals surface area contributed by atoms with Crippen molar-refractivity contribution in [3.05, 3.63) is 58.6 Å². The molecule has 130 valence electrons. The fraction of sp³-hybridized carbons (Fsp3) is 0.176. The fourth-order valence-electron chi connectivity index (χ4n) is 1.90. The number of nitrogens with one attached hydrogen (secondary N) is 1. The fourth-order valence-corrected chi connectivity index (χ4v) is 2.06. The number of carbonyl (C=O) groups excluding carboxylic acids is 1. The van der Waals surface area contributed by atoms with Gasteiger partial charge in [-0.3, -0.25) is 4.79 Å². The van der Waals surface area contributed by atoms with Gasteiger partial charge in [0.25, 0.3) is 5.91 Å². The summed E-state index contributed by atoms with van der Waals surface area (Å²) in [6, 6.07) is 10.7. The Labute approximate surface area is 146 Å². The van der Waals surface area contributed by atoms with Crippen LogP contribution in [0.5, 0.6) is 5.75 Å². The summed E-state index contributed by atoms with van der Waals surface area (Å²) in [7, 11) is 0. The second-order valence-corrected chi connectivity index (χ2v) is 5.49. The van der Waals surface area contributed by atoms with Crippen LogP contribution < -0.4 is 10.1 Å². The van der Waals surface area contributed by atoms with Crippen LogP contribution >= 0.6 is 11.6 Å². The third-order valence-electron chi connectivity index (χ3n) is 3.22. The lowest BCUT2D eigenvalue weighted by Crippen LogP contribution is -2.30. The molecule has 0 heterocycles. The normalized spacial score (nSPS) is 12.2. The van der Waals surface area contributed by atoms with Gasteiger partial charge < -0.3 is 10.1 Å². The first kappa shape index (κ1) is 18.6. The van der Waals surface area contributed by atoms with Crippen molar-refractivity contribution < 1.29 is 22.7 Å². The highest BCUT2D eigenvalue weighted by molar-refractivity contribution is 6.33. The molecule has 1 atom stereocenters. The molecule has 2 rings (SSSR count). The molecule has 0 aliphatic rings. The Kier molecular flexibility index (Phi) is 5.55. The number of carbonyl (C=O) groups is 1. The molecule has 2 aromatic rings. The minimum absolute atomic E-state index is 0.0214. The predicted octanol–water partition coefficient (Wildman–Crippen LogP) is 4.64. The van der Waals surface area contributed by atoms with E-state index in [0.29, 0.717) is 11.3 Å². The van der Waals surface area contributed by atoms with Crippen molar-refractivity contribution in [2.45, 2.75) is 19.2 Å². The van der Waals surface area contributed by atoms with Gasteiger partial charge in [-0.1, -0.05) is 11.6 Å². The Bertz CT molecular complexity index is 814. The van der Waals surface area contributed by atoms with Crippen LogP contribution in [0.4, 0.5) is 18.9 Å². The molecule has 0 bridgehead atoms. The van der Waals surface area contributed by atoms with Crippen LogP contribution in [0.1, 0.15) is 18.1 Å². The molecule has 0 radical (unpaired) electrons. The van der Waals surface area contributed by atoms with E-state index in [9.17, 15) is 18.0 Å². The number of benzene rings is 2. The molecule has 0 unspecified atom stereocenters.